The summed E-state index contributed by atoms with van der Waals surface area (Å²) in [5.74, 6) is -1.09. The second-order valence-electron chi connectivity index (χ2n) is 15.9. The fourth-order valence-electron chi connectivity index (χ4n) is 7.05. The van der Waals surface area contributed by atoms with Crippen molar-refractivity contribution in [2.24, 2.45) is 0 Å². The first-order chi connectivity index (χ1) is 26.9. The number of aliphatic hydroxyl groups excluding tert-OH is 5. The third-order valence-electron chi connectivity index (χ3n) is 10.7. The zero-order valence-electron chi connectivity index (χ0n) is 34.9. The van der Waals surface area contributed by atoms with Gasteiger partial charge in [0.15, 0.2) is 6.10 Å². The second kappa shape index (κ2) is 33.7. The molecule has 1 saturated carbocycles. The van der Waals surface area contributed by atoms with Crippen LogP contribution in [0, 0.1) is 0 Å². The van der Waals surface area contributed by atoms with E-state index < -0.39 is 75.7 Å². The van der Waals surface area contributed by atoms with Crippen LogP contribution in [0.3, 0.4) is 0 Å². The number of carbonyl (C=O) groups excluding carboxylic acids is 2. The molecule has 14 heteroatoms. The lowest BCUT2D eigenvalue weighted by Crippen LogP contribution is -2.64. The molecule has 6 unspecified atom stereocenters. The Labute approximate surface area is 338 Å². The highest BCUT2D eigenvalue weighted by atomic mass is 31.2. The highest BCUT2D eigenvalue weighted by Gasteiger charge is 2.51. The van der Waals surface area contributed by atoms with Gasteiger partial charge in [0.1, 0.15) is 43.2 Å². The first kappa shape index (κ1) is 52.9. The normalized spacial score (nSPS) is 22.8. The SMILES string of the molecule is CCCCCCCCCCCCCCCCCCCCCCC(=O)OC(COC(=O)CCCCCCCCC)COP(=O)(O)OC1C(O)C(O)C(O)C(O)C1O. The van der Waals surface area contributed by atoms with Crippen LogP contribution in [0.5, 0.6) is 0 Å². The van der Waals surface area contributed by atoms with E-state index in [4.69, 9.17) is 18.5 Å². The monoisotopic (exact) mass is 825 g/mol. The number of unbranched alkanes of at least 4 members (excludes halogenated alkanes) is 25. The number of phosphoric acid groups is 1. The largest absolute Gasteiger partial charge is 0.472 e. The zero-order chi connectivity index (χ0) is 41.4. The molecule has 13 nitrogen and oxygen atoms in total. The number of hydrogen-bond donors (Lipinski definition) is 6. The molecule has 0 aliphatic heterocycles. The van der Waals surface area contributed by atoms with Crippen molar-refractivity contribution >= 4 is 19.8 Å². The predicted octanol–water partition coefficient (Wildman–Crippen LogP) is 8.11. The lowest BCUT2D eigenvalue weighted by molar-refractivity contribution is -0.220. The Bertz CT molecular complexity index is 1000. The van der Waals surface area contributed by atoms with E-state index in [1.165, 1.54) is 109 Å². The van der Waals surface area contributed by atoms with Crippen LogP contribution in [-0.2, 0) is 32.7 Å². The summed E-state index contributed by atoms with van der Waals surface area (Å²) < 4.78 is 33.4. The molecular weight excluding hydrogens is 743 g/mol. The maximum Gasteiger partial charge on any atom is 0.472 e. The van der Waals surface area contributed by atoms with Crippen molar-refractivity contribution in [2.45, 2.75) is 243 Å². The summed E-state index contributed by atoms with van der Waals surface area (Å²) in [6.45, 7) is 3.25. The highest BCUT2D eigenvalue weighted by molar-refractivity contribution is 7.47. The van der Waals surface area contributed by atoms with E-state index >= 15 is 0 Å². The Morgan fingerprint density at radius 3 is 1.18 bits per heavy atom. The molecule has 1 fully saturated rings. The molecule has 1 aliphatic carbocycles. The maximum atomic E-state index is 12.7. The van der Waals surface area contributed by atoms with Crippen LogP contribution in [0.25, 0.3) is 0 Å². The fourth-order valence-corrected chi connectivity index (χ4v) is 8.03. The van der Waals surface area contributed by atoms with Crippen LogP contribution in [0.4, 0.5) is 0 Å². The summed E-state index contributed by atoms with van der Waals surface area (Å²) >= 11 is 0. The fraction of sp³-hybridized carbons (Fsp3) is 0.952. The van der Waals surface area contributed by atoms with Crippen molar-refractivity contribution in [3.63, 3.8) is 0 Å². The topological polar surface area (TPSA) is 210 Å². The second-order valence-corrected chi connectivity index (χ2v) is 17.3. The minimum Gasteiger partial charge on any atom is -0.462 e. The van der Waals surface area contributed by atoms with Crippen molar-refractivity contribution in [1.29, 1.82) is 0 Å². The molecule has 1 aliphatic rings. The van der Waals surface area contributed by atoms with Gasteiger partial charge in [0.25, 0.3) is 0 Å². The number of hydrogen-bond acceptors (Lipinski definition) is 12. The van der Waals surface area contributed by atoms with Gasteiger partial charge in [-0.1, -0.05) is 174 Å². The first-order valence-electron chi connectivity index (χ1n) is 22.3. The van der Waals surface area contributed by atoms with Gasteiger partial charge in [-0.05, 0) is 12.8 Å². The van der Waals surface area contributed by atoms with Crippen LogP contribution < -0.4 is 0 Å². The number of rotatable bonds is 37. The standard InChI is InChI=1S/C42H81O13P/c1-3-5-7-9-11-12-13-14-15-16-17-18-19-20-21-22-23-25-27-29-31-36(44)54-34(32-52-35(43)30-28-26-24-10-8-6-4-2)33-53-56(50,51)55-42-40(48)38(46)37(45)39(47)41(42)49/h34,37-42,45-49H,3-33H2,1-2H3,(H,50,51). The molecule has 0 spiro atoms. The molecule has 0 aromatic rings. The van der Waals surface area contributed by atoms with Gasteiger partial charge in [0, 0.05) is 12.8 Å². The molecule has 0 saturated heterocycles. The van der Waals surface area contributed by atoms with E-state index in [0.717, 1.165) is 51.4 Å². The summed E-state index contributed by atoms with van der Waals surface area (Å²) in [7, 11) is -5.10. The van der Waals surface area contributed by atoms with Crippen molar-refractivity contribution in [2.75, 3.05) is 13.2 Å². The summed E-state index contributed by atoms with van der Waals surface area (Å²) in [5.41, 5.74) is 0. The Balaban J connectivity index is 2.37. The number of aliphatic hydroxyl groups is 5. The molecule has 1 rings (SSSR count). The average molecular weight is 825 g/mol. The predicted molar refractivity (Wildman–Crippen MR) is 217 cm³/mol. The lowest BCUT2D eigenvalue weighted by Gasteiger charge is -2.41. The number of esters is 2. The van der Waals surface area contributed by atoms with E-state index in [2.05, 4.69) is 13.8 Å². The van der Waals surface area contributed by atoms with Gasteiger partial charge in [-0.15, -0.1) is 0 Å². The van der Waals surface area contributed by atoms with Crippen molar-refractivity contribution in [1.82, 2.24) is 0 Å². The summed E-state index contributed by atoms with van der Waals surface area (Å²) in [6.07, 6.45) is 19.2. The molecule has 6 N–H and O–H groups in total. The minimum atomic E-state index is -5.10. The molecule has 0 amide bonds. The van der Waals surface area contributed by atoms with Gasteiger partial charge >= 0.3 is 19.8 Å². The van der Waals surface area contributed by atoms with E-state index in [-0.39, 0.29) is 12.8 Å². The molecular formula is C42H81O13P. The summed E-state index contributed by atoms with van der Waals surface area (Å²) in [4.78, 5) is 35.4. The van der Waals surface area contributed by atoms with Crippen molar-refractivity contribution in [3.8, 4) is 0 Å². The number of ether oxygens (including phenoxy) is 2. The van der Waals surface area contributed by atoms with E-state index in [1.54, 1.807) is 0 Å². The molecule has 0 aromatic carbocycles. The molecule has 56 heavy (non-hydrogen) atoms. The Morgan fingerprint density at radius 1 is 0.482 bits per heavy atom. The van der Waals surface area contributed by atoms with E-state index in [1.807, 2.05) is 0 Å². The van der Waals surface area contributed by atoms with Gasteiger partial charge in [0.05, 0.1) is 6.61 Å². The maximum absolute atomic E-state index is 12.7. The molecule has 0 bridgehead atoms. The van der Waals surface area contributed by atoms with Crippen molar-refractivity contribution in [3.05, 3.63) is 0 Å². The summed E-state index contributed by atoms with van der Waals surface area (Å²) in [5, 5.41) is 50.0. The first-order valence-corrected chi connectivity index (χ1v) is 23.8. The van der Waals surface area contributed by atoms with Crippen LogP contribution in [0.2, 0.25) is 0 Å². The number of phosphoric ester groups is 1. The van der Waals surface area contributed by atoms with Gasteiger partial charge < -0.3 is 39.9 Å². The third kappa shape index (κ3) is 26.1. The molecule has 0 heterocycles. The Morgan fingerprint density at radius 2 is 0.804 bits per heavy atom. The average Bonchev–Trinajstić information content (AvgIpc) is 3.18. The van der Waals surface area contributed by atoms with Gasteiger partial charge in [-0.2, -0.15) is 0 Å². The molecule has 6 atom stereocenters. The lowest BCUT2D eigenvalue weighted by atomic mass is 9.85. The van der Waals surface area contributed by atoms with Gasteiger partial charge in [0.2, 0.25) is 0 Å². The quantitative estimate of drug-likeness (QED) is 0.0199. The zero-order valence-corrected chi connectivity index (χ0v) is 35.8. The van der Waals surface area contributed by atoms with Crippen LogP contribution >= 0.6 is 7.82 Å². The Hall–Kier alpha value is -1.15. The van der Waals surface area contributed by atoms with Gasteiger partial charge in [-0.25, -0.2) is 4.57 Å². The Kier molecular flexibility index (Phi) is 31.8. The molecule has 0 aromatic heterocycles. The smallest absolute Gasteiger partial charge is 0.462 e. The molecule has 332 valence electrons. The minimum absolute atomic E-state index is 0.104. The van der Waals surface area contributed by atoms with Crippen LogP contribution in [-0.4, -0.2) is 98.3 Å². The summed E-state index contributed by atoms with van der Waals surface area (Å²) in [6, 6.07) is 0. The van der Waals surface area contributed by atoms with E-state index in [0.29, 0.717) is 12.8 Å². The number of carbonyl (C=O) groups is 2. The van der Waals surface area contributed by atoms with Gasteiger partial charge in [-0.3, -0.25) is 18.6 Å². The van der Waals surface area contributed by atoms with E-state index in [9.17, 15) is 44.6 Å². The van der Waals surface area contributed by atoms with Crippen molar-refractivity contribution < 1.29 is 63.1 Å². The molecule has 0 radical (unpaired) electrons. The van der Waals surface area contributed by atoms with Crippen LogP contribution in [0.15, 0.2) is 0 Å². The highest BCUT2D eigenvalue weighted by Crippen LogP contribution is 2.47. The third-order valence-corrected chi connectivity index (χ3v) is 11.7. The van der Waals surface area contributed by atoms with Crippen LogP contribution in [0.1, 0.15) is 200 Å².